The van der Waals surface area contributed by atoms with E-state index in [2.05, 4.69) is 54.6 Å². The van der Waals surface area contributed by atoms with Crippen LogP contribution in [0.2, 0.25) is 0 Å². The normalized spacial score (nSPS) is 11.1. The van der Waals surface area contributed by atoms with Gasteiger partial charge in [0.15, 0.2) is 0 Å². The summed E-state index contributed by atoms with van der Waals surface area (Å²) in [6.07, 6.45) is 10.7. The predicted octanol–water partition coefficient (Wildman–Crippen LogP) is 5.58. The zero-order valence-corrected chi connectivity index (χ0v) is 14.2. The highest BCUT2D eigenvalue weighted by Gasteiger charge is 1.99. The number of hydrogen-bond donors (Lipinski definition) is 1. The van der Waals surface area contributed by atoms with Crippen LogP contribution >= 0.6 is 11.3 Å². The summed E-state index contributed by atoms with van der Waals surface area (Å²) in [6, 6.07) is 15.0. The third-order valence-electron chi connectivity index (χ3n) is 3.71. The van der Waals surface area contributed by atoms with Crippen molar-refractivity contribution in [2.75, 3.05) is 0 Å². The zero-order chi connectivity index (χ0) is 16.3. The largest absolute Gasteiger partial charge is 0.481 e. The van der Waals surface area contributed by atoms with Gasteiger partial charge in [0.25, 0.3) is 0 Å². The number of carboxylic acid groups (broad SMARTS) is 1. The van der Waals surface area contributed by atoms with Crippen LogP contribution in [0.15, 0.2) is 48.5 Å². The van der Waals surface area contributed by atoms with E-state index in [0.717, 1.165) is 32.1 Å². The summed E-state index contributed by atoms with van der Waals surface area (Å²) in [4.78, 5) is 13.1. The molecule has 0 saturated carbocycles. The summed E-state index contributed by atoms with van der Waals surface area (Å²) < 4.78 is 0. The Morgan fingerprint density at radius 3 is 2.61 bits per heavy atom. The molecule has 3 heteroatoms. The van der Waals surface area contributed by atoms with Crippen molar-refractivity contribution in [1.29, 1.82) is 0 Å². The first kappa shape index (κ1) is 17.5. The lowest BCUT2D eigenvalue weighted by molar-refractivity contribution is -0.137. The molecule has 0 aliphatic heterocycles. The molecule has 2 rings (SSSR count). The van der Waals surface area contributed by atoms with E-state index >= 15 is 0 Å². The van der Waals surface area contributed by atoms with Crippen molar-refractivity contribution in [3.63, 3.8) is 0 Å². The molecule has 1 N–H and O–H groups in total. The van der Waals surface area contributed by atoms with Crippen molar-refractivity contribution < 1.29 is 9.90 Å². The number of rotatable bonds is 10. The third kappa shape index (κ3) is 7.29. The lowest BCUT2D eigenvalue weighted by Crippen LogP contribution is -1.92. The summed E-state index contributed by atoms with van der Waals surface area (Å²) in [5.74, 6) is -0.701. The summed E-state index contributed by atoms with van der Waals surface area (Å²) in [7, 11) is 0. The molecule has 0 aliphatic carbocycles. The van der Waals surface area contributed by atoms with Crippen molar-refractivity contribution in [3.05, 3.63) is 63.9 Å². The van der Waals surface area contributed by atoms with Gasteiger partial charge in [-0.1, -0.05) is 36.4 Å². The average molecular weight is 328 g/mol. The van der Waals surface area contributed by atoms with Gasteiger partial charge in [-0.3, -0.25) is 4.79 Å². The van der Waals surface area contributed by atoms with Crippen LogP contribution in [-0.2, 0) is 17.6 Å². The fourth-order valence-corrected chi connectivity index (χ4v) is 3.45. The zero-order valence-electron chi connectivity index (χ0n) is 13.4. The van der Waals surface area contributed by atoms with Gasteiger partial charge in [0, 0.05) is 16.2 Å². The number of unbranched alkanes of at least 4 members (excludes halogenated alkanes) is 2. The lowest BCUT2D eigenvalue weighted by Gasteiger charge is -1.99. The molecule has 1 heterocycles. The summed E-state index contributed by atoms with van der Waals surface area (Å²) in [5.41, 5.74) is 1.41. The van der Waals surface area contributed by atoms with E-state index < -0.39 is 5.97 Å². The second-order valence-corrected chi connectivity index (χ2v) is 6.89. The van der Waals surface area contributed by atoms with E-state index in [0.29, 0.717) is 0 Å². The van der Waals surface area contributed by atoms with Crippen LogP contribution in [0.1, 0.15) is 47.4 Å². The van der Waals surface area contributed by atoms with Crippen LogP contribution in [0.5, 0.6) is 0 Å². The second-order valence-electron chi connectivity index (χ2n) is 5.69. The van der Waals surface area contributed by atoms with Gasteiger partial charge < -0.3 is 5.11 Å². The molecular weight excluding hydrogens is 304 g/mol. The number of aryl methyl sites for hydroxylation is 2. The minimum atomic E-state index is -0.701. The van der Waals surface area contributed by atoms with Crippen molar-refractivity contribution in [2.24, 2.45) is 0 Å². The SMILES string of the molecule is O=C(O)CCCCC=Cc1ccc(CCCc2ccccc2)s1. The van der Waals surface area contributed by atoms with Crippen LogP contribution < -0.4 is 0 Å². The van der Waals surface area contributed by atoms with Gasteiger partial charge in [-0.2, -0.15) is 0 Å². The molecule has 0 aliphatic rings. The van der Waals surface area contributed by atoms with Gasteiger partial charge in [0.05, 0.1) is 0 Å². The van der Waals surface area contributed by atoms with E-state index in [4.69, 9.17) is 5.11 Å². The molecule has 1 aromatic heterocycles. The predicted molar refractivity (Wildman–Crippen MR) is 97.9 cm³/mol. The van der Waals surface area contributed by atoms with Gasteiger partial charge in [-0.15, -0.1) is 11.3 Å². The van der Waals surface area contributed by atoms with Gasteiger partial charge in [0.1, 0.15) is 0 Å². The molecule has 2 aromatic rings. The van der Waals surface area contributed by atoms with E-state index in [9.17, 15) is 4.79 Å². The Bertz CT molecular complexity index is 614. The highest BCUT2D eigenvalue weighted by atomic mass is 32.1. The summed E-state index contributed by atoms with van der Waals surface area (Å²) in [5, 5.41) is 8.58. The van der Waals surface area contributed by atoms with Crippen molar-refractivity contribution in [1.82, 2.24) is 0 Å². The molecular formula is C20H24O2S. The Balaban J connectivity index is 1.65. The molecule has 0 bridgehead atoms. The topological polar surface area (TPSA) is 37.3 Å². The highest BCUT2D eigenvalue weighted by Crippen LogP contribution is 2.20. The lowest BCUT2D eigenvalue weighted by atomic mass is 10.1. The molecule has 23 heavy (non-hydrogen) atoms. The fraction of sp³-hybridized carbons (Fsp3) is 0.350. The van der Waals surface area contributed by atoms with Crippen LogP contribution in [0, 0.1) is 0 Å². The van der Waals surface area contributed by atoms with Crippen molar-refractivity contribution in [2.45, 2.75) is 44.9 Å². The molecule has 0 atom stereocenters. The summed E-state index contributed by atoms with van der Waals surface area (Å²) >= 11 is 1.86. The Kier molecular flexibility index (Phi) is 7.61. The number of benzene rings is 1. The molecule has 0 amide bonds. The molecule has 0 saturated heterocycles. The number of aliphatic carboxylic acids is 1. The van der Waals surface area contributed by atoms with Crippen LogP contribution in [-0.4, -0.2) is 11.1 Å². The Labute approximate surface area is 142 Å². The number of allylic oxidation sites excluding steroid dienone is 1. The summed E-state index contributed by atoms with van der Waals surface area (Å²) in [6.45, 7) is 0. The highest BCUT2D eigenvalue weighted by molar-refractivity contribution is 7.12. The van der Waals surface area contributed by atoms with Crippen LogP contribution in [0.4, 0.5) is 0 Å². The minimum Gasteiger partial charge on any atom is -0.481 e. The smallest absolute Gasteiger partial charge is 0.303 e. The second kappa shape index (κ2) is 10.0. The standard InChI is InChI=1S/C20H24O2S/c21-20(22)14-7-2-1-6-12-18-15-16-19(23-18)13-8-11-17-9-4-3-5-10-17/h3-6,9-10,12,15-16H,1-2,7-8,11,13-14H2,(H,21,22). The van der Waals surface area contributed by atoms with Gasteiger partial charge >= 0.3 is 5.97 Å². The maximum atomic E-state index is 10.4. The molecule has 0 unspecified atom stereocenters. The van der Waals surface area contributed by atoms with Gasteiger partial charge in [-0.05, 0) is 62.3 Å². The van der Waals surface area contributed by atoms with Crippen molar-refractivity contribution >= 4 is 23.4 Å². The maximum absolute atomic E-state index is 10.4. The Morgan fingerprint density at radius 2 is 1.83 bits per heavy atom. The molecule has 2 nitrogen and oxygen atoms in total. The van der Waals surface area contributed by atoms with Gasteiger partial charge in [-0.25, -0.2) is 0 Å². The number of hydrogen-bond acceptors (Lipinski definition) is 2. The van der Waals surface area contributed by atoms with Gasteiger partial charge in [0.2, 0.25) is 0 Å². The number of carbonyl (C=O) groups is 1. The van der Waals surface area contributed by atoms with Crippen LogP contribution in [0.3, 0.4) is 0 Å². The Morgan fingerprint density at radius 1 is 1.00 bits per heavy atom. The van der Waals surface area contributed by atoms with E-state index in [1.54, 1.807) is 0 Å². The van der Waals surface area contributed by atoms with E-state index in [1.807, 2.05) is 11.3 Å². The Hall–Kier alpha value is -1.87. The molecule has 1 aromatic carbocycles. The van der Waals surface area contributed by atoms with E-state index in [-0.39, 0.29) is 6.42 Å². The fourth-order valence-electron chi connectivity index (χ4n) is 2.47. The third-order valence-corrected chi connectivity index (χ3v) is 4.82. The first-order valence-electron chi connectivity index (χ1n) is 8.25. The molecule has 0 radical (unpaired) electrons. The first-order chi connectivity index (χ1) is 11.2. The number of carboxylic acids is 1. The maximum Gasteiger partial charge on any atom is 0.303 e. The molecule has 0 fully saturated rings. The minimum absolute atomic E-state index is 0.276. The molecule has 0 spiro atoms. The number of thiophene rings is 1. The molecule has 122 valence electrons. The average Bonchev–Trinajstić information content (AvgIpc) is 2.99. The first-order valence-corrected chi connectivity index (χ1v) is 9.06. The van der Waals surface area contributed by atoms with Crippen molar-refractivity contribution in [3.8, 4) is 0 Å². The monoisotopic (exact) mass is 328 g/mol. The van der Waals surface area contributed by atoms with E-state index in [1.165, 1.54) is 21.7 Å². The van der Waals surface area contributed by atoms with Crippen LogP contribution in [0.25, 0.3) is 6.08 Å². The quantitative estimate of drug-likeness (QED) is 0.578.